The van der Waals surface area contributed by atoms with Gasteiger partial charge in [0.05, 0.1) is 4.90 Å². The maximum Gasteiger partial charge on any atom is 0.251 e. The molecule has 1 aromatic carbocycles. The van der Waals surface area contributed by atoms with Crippen molar-refractivity contribution in [2.45, 2.75) is 38.0 Å². The lowest BCUT2D eigenvalue weighted by Gasteiger charge is -2.26. The molecular weight excluding hydrogens is 326 g/mol. The molecule has 1 amide bonds. The van der Waals surface area contributed by atoms with E-state index in [9.17, 15) is 13.2 Å². The van der Waals surface area contributed by atoms with Gasteiger partial charge in [0.25, 0.3) is 5.91 Å². The molecule has 1 fully saturated rings. The molecule has 134 valence electrons. The largest absolute Gasteiger partial charge is 0.351 e. The highest BCUT2D eigenvalue weighted by Crippen LogP contribution is 2.24. The van der Waals surface area contributed by atoms with Crippen LogP contribution in [0.15, 0.2) is 23.1 Å². The number of rotatable bonds is 7. The summed E-state index contributed by atoms with van der Waals surface area (Å²) in [6.45, 7) is 6.92. The van der Waals surface area contributed by atoms with E-state index in [-0.39, 0.29) is 10.8 Å². The van der Waals surface area contributed by atoms with Gasteiger partial charge in [-0.3, -0.25) is 4.79 Å². The van der Waals surface area contributed by atoms with Gasteiger partial charge in [-0.25, -0.2) is 8.42 Å². The molecule has 1 saturated heterocycles. The van der Waals surface area contributed by atoms with E-state index in [0.29, 0.717) is 37.3 Å². The molecule has 2 rings (SSSR count). The highest BCUT2D eigenvalue weighted by molar-refractivity contribution is 7.89. The molecule has 0 saturated carbocycles. The first-order valence-corrected chi connectivity index (χ1v) is 10.0. The van der Waals surface area contributed by atoms with Gasteiger partial charge >= 0.3 is 0 Å². The summed E-state index contributed by atoms with van der Waals surface area (Å²) in [5.41, 5.74) is 1.05. The van der Waals surface area contributed by atoms with Crippen molar-refractivity contribution in [3.63, 3.8) is 0 Å². The summed E-state index contributed by atoms with van der Waals surface area (Å²) in [5, 5.41) is 5.93. The lowest BCUT2D eigenvalue weighted by Crippen LogP contribution is -2.36. The van der Waals surface area contributed by atoms with E-state index in [1.807, 2.05) is 6.92 Å². The fourth-order valence-electron chi connectivity index (χ4n) is 2.81. The predicted molar refractivity (Wildman–Crippen MR) is 94.7 cm³/mol. The average molecular weight is 353 g/mol. The fourth-order valence-corrected chi connectivity index (χ4v) is 4.57. The molecule has 0 atom stereocenters. The number of hydrogen-bond donors (Lipinski definition) is 2. The van der Waals surface area contributed by atoms with Crippen LogP contribution in [0, 0.1) is 6.92 Å². The fraction of sp³-hybridized carbons (Fsp3) is 0.588. The first-order valence-electron chi connectivity index (χ1n) is 8.56. The minimum absolute atomic E-state index is 0.240. The van der Waals surface area contributed by atoms with E-state index < -0.39 is 10.0 Å². The average Bonchev–Trinajstić information content (AvgIpc) is 2.59. The van der Waals surface area contributed by atoms with Crippen LogP contribution in [0.4, 0.5) is 0 Å². The van der Waals surface area contributed by atoms with Crippen LogP contribution in [0.3, 0.4) is 0 Å². The van der Waals surface area contributed by atoms with E-state index in [1.165, 1.54) is 10.4 Å². The normalized spacial score (nSPS) is 16.1. The quantitative estimate of drug-likeness (QED) is 0.729. The topological polar surface area (TPSA) is 78.5 Å². The summed E-state index contributed by atoms with van der Waals surface area (Å²) < 4.78 is 27.3. The standard InChI is InChI=1S/C17H27N3O3S/c1-3-18-9-10-19-17(21)15-8-7-14(2)16(13-15)24(22,23)20-11-5-4-6-12-20/h7-8,13,18H,3-6,9-12H2,1-2H3,(H,19,21). The summed E-state index contributed by atoms with van der Waals surface area (Å²) in [6, 6.07) is 4.88. The highest BCUT2D eigenvalue weighted by atomic mass is 32.2. The second-order valence-corrected chi connectivity index (χ2v) is 7.96. The Morgan fingerprint density at radius 1 is 1.17 bits per heavy atom. The molecule has 0 aromatic heterocycles. The molecule has 0 radical (unpaired) electrons. The number of nitrogens with zero attached hydrogens (tertiary/aromatic N) is 1. The molecule has 7 heteroatoms. The van der Waals surface area contributed by atoms with Crippen molar-refractivity contribution < 1.29 is 13.2 Å². The number of benzene rings is 1. The van der Waals surface area contributed by atoms with Crippen molar-refractivity contribution >= 4 is 15.9 Å². The third kappa shape index (κ3) is 4.55. The summed E-state index contributed by atoms with van der Waals surface area (Å²) in [6.07, 6.45) is 2.85. The van der Waals surface area contributed by atoms with Crippen molar-refractivity contribution in [2.75, 3.05) is 32.7 Å². The number of likely N-dealkylation sites (N-methyl/N-ethyl adjacent to an activating group) is 1. The smallest absolute Gasteiger partial charge is 0.251 e. The van der Waals surface area contributed by atoms with Gasteiger partial charge in [-0.1, -0.05) is 19.4 Å². The van der Waals surface area contributed by atoms with E-state index in [1.54, 1.807) is 19.1 Å². The third-order valence-electron chi connectivity index (χ3n) is 4.22. The third-order valence-corrected chi connectivity index (χ3v) is 6.26. The first kappa shape index (κ1) is 18.9. The van der Waals surface area contributed by atoms with Crippen molar-refractivity contribution in [3.8, 4) is 0 Å². The first-order chi connectivity index (χ1) is 11.5. The minimum Gasteiger partial charge on any atom is -0.351 e. The molecule has 1 heterocycles. The predicted octanol–water partition coefficient (Wildman–Crippen LogP) is 1.51. The number of carbonyl (C=O) groups excluding carboxylic acids is 1. The van der Waals surface area contributed by atoms with Crippen LogP contribution in [0.25, 0.3) is 0 Å². The molecule has 1 aliphatic rings. The van der Waals surface area contributed by atoms with Crippen LogP contribution in [-0.2, 0) is 10.0 Å². The van der Waals surface area contributed by atoms with Crippen LogP contribution < -0.4 is 10.6 Å². The van der Waals surface area contributed by atoms with Crippen molar-refractivity contribution in [3.05, 3.63) is 29.3 Å². The molecule has 0 bridgehead atoms. The number of amides is 1. The molecule has 0 unspecified atom stereocenters. The summed E-state index contributed by atoms with van der Waals surface area (Å²) >= 11 is 0. The number of nitrogens with one attached hydrogen (secondary N) is 2. The van der Waals surface area contributed by atoms with E-state index in [2.05, 4.69) is 10.6 Å². The number of carbonyl (C=O) groups is 1. The molecule has 2 N–H and O–H groups in total. The Balaban J connectivity index is 2.17. The Bertz CT molecular complexity index is 668. The lowest BCUT2D eigenvalue weighted by molar-refractivity contribution is 0.0953. The molecule has 0 aliphatic carbocycles. The lowest BCUT2D eigenvalue weighted by atomic mass is 10.1. The summed E-state index contributed by atoms with van der Waals surface area (Å²) in [7, 11) is -3.54. The van der Waals surface area contributed by atoms with Gasteiger partial charge in [0, 0.05) is 31.7 Å². The van der Waals surface area contributed by atoms with Crippen molar-refractivity contribution in [1.29, 1.82) is 0 Å². The zero-order valence-corrected chi connectivity index (χ0v) is 15.3. The van der Waals surface area contributed by atoms with Gasteiger partial charge in [-0.05, 0) is 44.0 Å². The maximum absolute atomic E-state index is 12.9. The highest BCUT2D eigenvalue weighted by Gasteiger charge is 2.28. The van der Waals surface area contributed by atoms with E-state index in [0.717, 1.165) is 25.8 Å². The molecule has 1 aliphatic heterocycles. The summed E-state index contributed by atoms with van der Waals surface area (Å²) in [5.74, 6) is -0.247. The Hall–Kier alpha value is -1.44. The van der Waals surface area contributed by atoms with Crippen molar-refractivity contribution in [2.24, 2.45) is 0 Å². The number of piperidine rings is 1. The monoisotopic (exact) mass is 353 g/mol. The van der Waals surface area contributed by atoms with Gasteiger partial charge in [0.1, 0.15) is 0 Å². The second kappa shape index (κ2) is 8.60. The maximum atomic E-state index is 12.9. The van der Waals surface area contributed by atoms with Crippen LogP contribution in [0.5, 0.6) is 0 Å². The Labute approximate surface area is 144 Å². The second-order valence-electron chi connectivity index (χ2n) is 6.05. The molecule has 24 heavy (non-hydrogen) atoms. The zero-order valence-electron chi connectivity index (χ0n) is 14.5. The van der Waals surface area contributed by atoms with Gasteiger partial charge in [0.15, 0.2) is 0 Å². The molecular formula is C17H27N3O3S. The van der Waals surface area contributed by atoms with Crippen LogP contribution in [0.1, 0.15) is 42.1 Å². The Morgan fingerprint density at radius 3 is 2.54 bits per heavy atom. The van der Waals surface area contributed by atoms with Gasteiger partial charge < -0.3 is 10.6 Å². The minimum atomic E-state index is -3.54. The SMILES string of the molecule is CCNCCNC(=O)c1ccc(C)c(S(=O)(=O)N2CCCCC2)c1. The molecule has 1 aromatic rings. The zero-order chi connectivity index (χ0) is 17.6. The Morgan fingerprint density at radius 2 is 1.88 bits per heavy atom. The van der Waals surface area contributed by atoms with Crippen LogP contribution in [0.2, 0.25) is 0 Å². The van der Waals surface area contributed by atoms with Crippen LogP contribution >= 0.6 is 0 Å². The molecule has 0 spiro atoms. The van der Waals surface area contributed by atoms with Crippen LogP contribution in [-0.4, -0.2) is 51.4 Å². The van der Waals surface area contributed by atoms with Gasteiger partial charge in [0.2, 0.25) is 10.0 Å². The van der Waals surface area contributed by atoms with Gasteiger partial charge in [-0.2, -0.15) is 4.31 Å². The van der Waals surface area contributed by atoms with E-state index in [4.69, 9.17) is 0 Å². The Kier molecular flexibility index (Phi) is 6.77. The van der Waals surface area contributed by atoms with Gasteiger partial charge in [-0.15, -0.1) is 0 Å². The summed E-state index contributed by atoms with van der Waals surface area (Å²) in [4.78, 5) is 12.5. The number of hydrogen-bond acceptors (Lipinski definition) is 4. The van der Waals surface area contributed by atoms with E-state index >= 15 is 0 Å². The van der Waals surface area contributed by atoms with Crippen molar-refractivity contribution in [1.82, 2.24) is 14.9 Å². The molecule has 6 nitrogen and oxygen atoms in total. The number of sulfonamides is 1. The number of aryl methyl sites for hydroxylation is 1.